The van der Waals surface area contributed by atoms with Crippen LogP contribution in [0.3, 0.4) is 0 Å². The monoisotopic (exact) mass is 207 g/mol. The van der Waals surface area contributed by atoms with E-state index in [1.807, 2.05) is 16.8 Å². The number of ether oxygens (including phenoxy) is 1. The fraction of sp³-hybridized carbons (Fsp3) is 0.545. The number of imidazole rings is 1. The fourth-order valence-corrected chi connectivity index (χ4v) is 1.77. The van der Waals surface area contributed by atoms with Gasteiger partial charge < -0.3 is 14.6 Å². The third-order valence-electron chi connectivity index (χ3n) is 2.55. The van der Waals surface area contributed by atoms with Gasteiger partial charge in [0.1, 0.15) is 0 Å². The molecule has 0 bridgehead atoms. The van der Waals surface area contributed by atoms with Crippen molar-refractivity contribution in [2.75, 3.05) is 18.5 Å². The summed E-state index contributed by atoms with van der Waals surface area (Å²) in [4.78, 5) is 4.24. The van der Waals surface area contributed by atoms with Gasteiger partial charge >= 0.3 is 0 Å². The van der Waals surface area contributed by atoms with Gasteiger partial charge in [0.2, 0.25) is 5.95 Å². The van der Waals surface area contributed by atoms with Crippen LogP contribution in [0.5, 0.6) is 0 Å². The van der Waals surface area contributed by atoms with E-state index >= 15 is 0 Å². The second-order valence-corrected chi connectivity index (χ2v) is 3.71. The first-order valence-corrected chi connectivity index (χ1v) is 5.37. The van der Waals surface area contributed by atoms with Gasteiger partial charge in [0.05, 0.1) is 6.10 Å². The quantitative estimate of drug-likeness (QED) is 0.746. The first kappa shape index (κ1) is 10.2. The molecule has 1 unspecified atom stereocenters. The maximum absolute atomic E-state index is 5.53. The molecular weight excluding hydrogens is 190 g/mol. The molecule has 0 spiro atoms. The van der Waals surface area contributed by atoms with E-state index in [9.17, 15) is 0 Å². The van der Waals surface area contributed by atoms with Crippen molar-refractivity contribution in [1.82, 2.24) is 9.55 Å². The molecule has 1 aromatic rings. The van der Waals surface area contributed by atoms with Crippen molar-refractivity contribution in [2.45, 2.75) is 25.5 Å². The molecule has 0 saturated carbocycles. The van der Waals surface area contributed by atoms with Crippen LogP contribution in [0.2, 0.25) is 0 Å². The standard InChI is InChI=1S/C11H17N3O/c1-2-6-14-7-5-12-11(14)13-9-10-4-3-8-15-10/h2,5,7,10H,1,3-4,6,8-9H2,(H,12,13). The van der Waals surface area contributed by atoms with Gasteiger partial charge in [-0.2, -0.15) is 0 Å². The van der Waals surface area contributed by atoms with Gasteiger partial charge in [0.15, 0.2) is 0 Å². The summed E-state index contributed by atoms with van der Waals surface area (Å²) in [6.07, 6.45) is 8.27. The molecular formula is C11H17N3O. The van der Waals surface area contributed by atoms with E-state index in [-0.39, 0.29) is 0 Å². The Morgan fingerprint density at radius 2 is 2.67 bits per heavy atom. The first-order valence-electron chi connectivity index (χ1n) is 5.37. The highest BCUT2D eigenvalue weighted by atomic mass is 16.5. The van der Waals surface area contributed by atoms with Crippen molar-refractivity contribution in [3.05, 3.63) is 25.0 Å². The Hall–Kier alpha value is -1.29. The maximum atomic E-state index is 5.53. The molecule has 0 aliphatic carbocycles. The van der Waals surface area contributed by atoms with E-state index < -0.39 is 0 Å². The molecule has 1 fully saturated rings. The molecule has 1 atom stereocenters. The van der Waals surface area contributed by atoms with Crippen LogP contribution in [-0.4, -0.2) is 28.8 Å². The smallest absolute Gasteiger partial charge is 0.203 e. The minimum atomic E-state index is 0.346. The average Bonchev–Trinajstić information content (AvgIpc) is 2.85. The maximum Gasteiger partial charge on any atom is 0.203 e. The van der Waals surface area contributed by atoms with Crippen LogP contribution < -0.4 is 5.32 Å². The summed E-state index contributed by atoms with van der Waals surface area (Å²) < 4.78 is 7.56. The Balaban J connectivity index is 1.86. The van der Waals surface area contributed by atoms with Gasteiger partial charge in [-0.15, -0.1) is 6.58 Å². The lowest BCUT2D eigenvalue weighted by atomic mass is 10.2. The lowest BCUT2D eigenvalue weighted by Gasteiger charge is -2.12. The predicted octanol–water partition coefficient (Wildman–Crippen LogP) is 1.66. The largest absolute Gasteiger partial charge is 0.376 e. The Morgan fingerprint density at radius 1 is 1.73 bits per heavy atom. The highest BCUT2D eigenvalue weighted by molar-refractivity contribution is 5.26. The third kappa shape index (κ3) is 2.59. The van der Waals surface area contributed by atoms with Gasteiger partial charge in [0.25, 0.3) is 0 Å². The average molecular weight is 207 g/mol. The number of aromatic nitrogens is 2. The molecule has 1 aromatic heterocycles. The van der Waals surface area contributed by atoms with Crippen LogP contribution in [-0.2, 0) is 11.3 Å². The van der Waals surface area contributed by atoms with Crippen molar-refractivity contribution < 1.29 is 4.74 Å². The minimum Gasteiger partial charge on any atom is -0.376 e. The van der Waals surface area contributed by atoms with E-state index in [1.54, 1.807) is 6.20 Å². The van der Waals surface area contributed by atoms with Crippen molar-refractivity contribution in [1.29, 1.82) is 0 Å². The van der Waals surface area contributed by atoms with E-state index in [0.29, 0.717) is 6.10 Å². The summed E-state index contributed by atoms with van der Waals surface area (Å²) in [5.41, 5.74) is 0. The number of allylic oxidation sites excluding steroid dienone is 1. The zero-order valence-electron chi connectivity index (χ0n) is 8.85. The minimum absolute atomic E-state index is 0.346. The SMILES string of the molecule is C=CCn1ccnc1NCC1CCCO1. The van der Waals surface area contributed by atoms with Gasteiger partial charge in [-0.3, -0.25) is 0 Å². The molecule has 1 saturated heterocycles. The molecule has 4 nitrogen and oxygen atoms in total. The summed E-state index contributed by atoms with van der Waals surface area (Å²) in [7, 11) is 0. The van der Waals surface area contributed by atoms with E-state index in [2.05, 4.69) is 16.9 Å². The van der Waals surface area contributed by atoms with Crippen molar-refractivity contribution >= 4 is 5.95 Å². The van der Waals surface area contributed by atoms with Crippen LogP contribution in [0.15, 0.2) is 25.0 Å². The molecule has 0 amide bonds. The molecule has 0 aromatic carbocycles. The zero-order chi connectivity index (χ0) is 10.5. The lowest BCUT2D eigenvalue weighted by molar-refractivity contribution is 0.120. The second kappa shape index (κ2) is 4.98. The molecule has 2 heterocycles. The van der Waals surface area contributed by atoms with Crippen LogP contribution >= 0.6 is 0 Å². The number of hydrogen-bond donors (Lipinski definition) is 1. The van der Waals surface area contributed by atoms with Gasteiger partial charge in [-0.25, -0.2) is 4.98 Å². The number of rotatable bonds is 5. The zero-order valence-corrected chi connectivity index (χ0v) is 8.85. The van der Waals surface area contributed by atoms with Gasteiger partial charge in [-0.1, -0.05) is 6.08 Å². The molecule has 1 aliphatic heterocycles. The second-order valence-electron chi connectivity index (χ2n) is 3.71. The van der Waals surface area contributed by atoms with Crippen LogP contribution in [0.25, 0.3) is 0 Å². The Morgan fingerprint density at radius 3 is 3.40 bits per heavy atom. The highest BCUT2D eigenvalue weighted by Crippen LogP contribution is 2.13. The third-order valence-corrected chi connectivity index (χ3v) is 2.55. The van der Waals surface area contributed by atoms with Gasteiger partial charge in [-0.05, 0) is 12.8 Å². The Kier molecular flexibility index (Phi) is 3.40. The molecule has 1 aliphatic rings. The van der Waals surface area contributed by atoms with Crippen LogP contribution in [0.1, 0.15) is 12.8 Å². The highest BCUT2D eigenvalue weighted by Gasteiger charge is 2.15. The molecule has 0 radical (unpaired) electrons. The van der Waals surface area contributed by atoms with Crippen molar-refractivity contribution in [2.24, 2.45) is 0 Å². The van der Waals surface area contributed by atoms with Crippen LogP contribution in [0.4, 0.5) is 5.95 Å². The lowest BCUT2D eigenvalue weighted by Crippen LogP contribution is -2.20. The summed E-state index contributed by atoms with van der Waals surface area (Å²) in [5, 5.41) is 3.30. The Bertz CT molecular complexity index is 315. The van der Waals surface area contributed by atoms with Crippen molar-refractivity contribution in [3.8, 4) is 0 Å². The summed E-state index contributed by atoms with van der Waals surface area (Å²) in [6, 6.07) is 0. The predicted molar refractivity (Wildman–Crippen MR) is 59.9 cm³/mol. The summed E-state index contributed by atoms with van der Waals surface area (Å²) in [5.74, 6) is 0.894. The Labute approximate surface area is 90.0 Å². The van der Waals surface area contributed by atoms with Gasteiger partial charge in [0, 0.05) is 32.1 Å². The normalized spacial score (nSPS) is 20.4. The van der Waals surface area contributed by atoms with E-state index in [4.69, 9.17) is 4.74 Å². The van der Waals surface area contributed by atoms with E-state index in [1.165, 1.54) is 6.42 Å². The topological polar surface area (TPSA) is 39.1 Å². The number of nitrogens with zero attached hydrogens (tertiary/aromatic N) is 2. The molecule has 15 heavy (non-hydrogen) atoms. The molecule has 4 heteroatoms. The molecule has 2 rings (SSSR count). The number of anilines is 1. The molecule has 1 N–H and O–H groups in total. The van der Waals surface area contributed by atoms with Crippen LogP contribution in [0, 0.1) is 0 Å². The first-order chi connectivity index (χ1) is 7.40. The number of nitrogens with one attached hydrogen (secondary N) is 1. The van der Waals surface area contributed by atoms with Crippen molar-refractivity contribution in [3.63, 3.8) is 0 Å². The molecule has 82 valence electrons. The summed E-state index contributed by atoms with van der Waals surface area (Å²) in [6.45, 7) is 6.24. The number of hydrogen-bond acceptors (Lipinski definition) is 3. The van der Waals surface area contributed by atoms with E-state index in [0.717, 1.165) is 32.1 Å². The fourth-order valence-electron chi connectivity index (χ4n) is 1.77. The summed E-state index contributed by atoms with van der Waals surface area (Å²) >= 11 is 0.